The summed E-state index contributed by atoms with van der Waals surface area (Å²) in [5.74, 6) is 1.11. The van der Waals surface area contributed by atoms with E-state index in [1.165, 1.54) is 6.07 Å². The molecule has 3 rings (SSSR count). The predicted octanol–water partition coefficient (Wildman–Crippen LogP) is 2.12. The highest BCUT2D eigenvalue weighted by Crippen LogP contribution is 2.24. The molecule has 3 heterocycles. The summed E-state index contributed by atoms with van der Waals surface area (Å²) in [7, 11) is 1.94. The zero-order valence-electron chi connectivity index (χ0n) is 12.0. The van der Waals surface area contributed by atoms with Gasteiger partial charge in [0.05, 0.1) is 0 Å². The molecule has 0 radical (unpaired) electrons. The topological polar surface area (TPSA) is 45.2 Å². The minimum Gasteiger partial charge on any atom is -0.358 e. The van der Waals surface area contributed by atoms with Gasteiger partial charge in [-0.15, -0.1) is 5.10 Å². The van der Waals surface area contributed by atoms with Gasteiger partial charge in [-0.1, -0.05) is 6.07 Å². The second-order valence-electron chi connectivity index (χ2n) is 5.27. The van der Waals surface area contributed by atoms with E-state index in [-0.39, 0.29) is 0 Å². The Morgan fingerprint density at radius 2 is 2.24 bits per heavy atom. The third-order valence-electron chi connectivity index (χ3n) is 3.81. The molecule has 0 aliphatic carbocycles. The fraction of sp³-hybridized carbons (Fsp3) is 0.400. The van der Waals surface area contributed by atoms with Crippen molar-refractivity contribution in [3.8, 4) is 0 Å². The van der Waals surface area contributed by atoms with Crippen molar-refractivity contribution in [2.75, 3.05) is 29.9 Å². The molecular formula is C15H18FN5. The van der Waals surface area contributed by atoms with E-state index < -0.39 is 5.95 Å². The van der Waals surface area contributed by atoms with Gasteiger partial charge in [-0.3, -0.25) is 0 Å². The molecule has 1 fully saturated rings. The van der Waals surface area contributed by atoms with Gasteiger partial charge in [0.25, 0.3) is 0 Å². The summed E-state index contributed by atoms with van der Waals surface area (Å²) < 4.78 is 13.2. The fourth-order valence-electron chi connectivity index (χ4n) is 2.79. The predicted molar refractivity (Wildman–Crippen MR) is 79.9 cm³/mol. The highest BCUT2D eigenvalue weighted by Gasteiger charge is 2.27. The highest BCUT2D eigenvalue weighted by atomic mass is 19.1. The third-order valence-corrected chi connectivity index (χ3v) is 3.81. The lowest BCUT2D eigenvalue weighted by Gasteiger charge is -2.29. The summed E-state index contributed by atoms with van der Waals surface area (Å²) in [5.41, 5.74) is 0. The molecule has 110 valence electrons. The molecule has 0 bridgehead atoms. The summed E-state index contributed by atoms with van der Waals surface area (Å²) in [6.07, 6.45) is 3.90. The van der Waals surface area contributed by atoms with Crippen LogP contribution in [0, 0.1) is 5.95 Å². The molecule has 6 heteroatoms. The minimum absolute atomic E-state index is 0.344. The zero-order chi connectivity index (χ0) is 14.7. The molecule has 1 unspecified atom stereocenters. The molecule has 5 nitrogen and oxygen atoms in total. The molecule has 2 aromatic heterocycles. The SMILES string of the molecule is CN(CC1CCCN1c1cccnn1)c1cccc(F)n1. The van der Waals surface area contributed by atoms with Crippen LogP contribution in [0.1, 0.15) is 12.8 Å². The van der Waals surface area contributed by atoms with Crippen molar-refractivity contribution in [3.63, 3.8) is 0 Å². The van der Waals surface area contributed by atoms with E-state index in [0.29, 0.717) is 11.9 Å². The number of hydrogen-bond donors (Lipinski definition) is 0. The van der Waals surface area contributed by atoms with Crippen molar-refractivity contribution in [2.45, 2.75) is 18.9 Å². The number of hydrogen-bond acceptors (Lipinski definition) is 5. The lowest BCUT2D eigenvalue weighted by atomic mass is 10.2. The van der Waals surface area contributed by atoms with E-state index in [1.54, 1.807) is 12.3 Å². The van der Waals surface area contributed by atoms with E-state index in [0.717, 1.165) is 31.7 Å². The number of halogens is 1. The fourth-order valence-corrected chi connectivity index (χ4v) is 2.79. The van der Waals surface area contributed by atoms with Gasteiger partial charge in [0.15, 0.2) is 5.82 Å². The van der Waals surface area contributed by atoms with Crippen LogP contribution >= 0.6 is 0 Å². The monoisotopic (exact) mass is 287 g/mol. The van der Waals surface area contributed by atoms with Crippen LogP contribution in [0.4, 0.5) is 16.0 Å². The van der Waals surface area contributed by atoms with E-state index in [4.69, 9.17) is 0 Å². The number of likely N-dealkylation sites (N-methyl/N-ethyl adjacent to an activating group) is 1. The maximum absolute atomic E-state index is 13.2. The first-order valence-electron chi connectivity index (χ1n) is 7.12. The van der Waals surface area contributed by atoms with Crippen molar-refractivity contribution in [3.05, 3.63) is 42.5 Å². The van der Waals surface area contributed by atoms with Gasteiger partial charge in [0, 0.05) is 32.4 Å². The van der Waals surface area contributed by atoms with Gasteiger partial charge in [0.2, 0.25) is 5.95 Å². The average Bonchev–Trinajstić information content (AvgIpc) is 2.96. The van der Waals surface area contributed by atoms with Crippen molar-refractivity contribution in [1.82, 2.24) is 15.2 Å². The second kappa shape index (κ2) is 6.03. The van der Waals surface area contributed by atoms with Crippen molar-refractivity contribution in [1.29, 1.82) is 0 Å². The van der Waals surface area contributed by atoms with E-state index in [9.17, 15) is 4.39 Å². The Kier molecular flexibility index (Phi) is 3.94. The number of nitrogens with zero attached hydrogens (tertiary/aromatic N) is 5. The van der Waals surface area contributed by atoms with E-state index in [2.05, 4.69) is 20.1 Å². The van der Waals surface area contributed by atoms with Gasteiger partial charge >= 0.3 is 0 Å². The van der Waals surface area contributed by atoms with Gasteiger partial charge in [-0.25, -0.2) is 4.98 Å². The lowest BCUT2D eigenvalue weighted by molar-refractivity contribution is 0.578. The lowest BCUT2D eigenvalue weighted by Crippen LogP contribution is -2.39. The molecule has 0 aromatic carbocycles. The van der Waals surface area contributed by atoms with Crippen LogP contribution in [0.2, 0.25) is 0 Å². The van der Waals surface area contributed by atoms with Crippen LogP contribution in [0.25, 0.3) is 0 Å². The Morgan fingerprint density at radius 3 is 3.00 bits per heavy atom. The average molecular weight is 287 g/mol. The maximum atomic E-state index is 13.2. The summed E-state index contributed by atoms with van der Waals surface area (Å²) in [6, 6.07) is 9.09. The number of anilines is 2. The van der Waals surface area contributed by atoms with Crippen molar-refractivity contribution in [2.24, 2.45) is 0 Å². The molecule has 21 heavy (non-hydrogen) atoms. The van der Waals surface area contributed by atoms with Gasteiger partial charge in [-0.2, -0.15) is 9.49 Å². The molecule has 2 aromatic rings. The molecule has 1 aliphatic heterocycles. The first-order chi connectivity index (χ1) is 10.2. The summed E-state index contributed by atoms with van der Waals surface area (Å²) in [6.45, 7) is 1.76. The summed E-state index contributed by atoms with van der Waals surface area (Å²) >= 11 is 0. The normalized spacial score (nSPS) is 18.0. The highest BCUT2D eigenvalue weighted by molar-refractivity contribution is 5.42. The molecule has 0 amide bonds. The second-order valence-corrected chi connectivity index (χ2v) is 5.27. The van der Waals surface area contributed by atoms with Crippen LogP contribution in [0.3, 0.4) is 0 Å². The van der Waals surface area contributed by atoms with Gasteiger partial charge in [-0.05, 0) is 37.1 Å². The van der Waals surface area contributed by atoms with E-state index in [1.807, 2.05) is 30.1 Å². The minimum atomic E-state index is -0.448. The maximum Gasteiger partial charge on any atom is 0.214 e. The zero-order valence-corrected chi connectivity index (χ0v) is 12.0. The molecule has 1 aliphatic rings. The molecular weight excluding hydrogens is 269 g/mol. The quantitative estimate of drug-likeness (QED) is 0.806. The largest absolute Gasteiger partial charge is 0.358 e. The molecule has 1 saturated heterocycles. The third kappa shape index (κ3) is 3.09. The standard InChI is InChI=1S/C15H18FN5/c1-20(14-7-2-6-13(16)18-14)11-12-5-4-10-21(12)15-8-3-9-17-19-15/h2-3,6-9,12H,4-5,10-11H2,1H3. The van der Waals surface area contributed by atoms with Crippen LogP contribution in [0.15, 0.2) is 36.5 Å². The molecule has 0 spiro atoms. The van der Waals surface area contributed by atoms with Crippen molar-refractivity contribution >= 4 is 11.6 Å². The number of rotatable bonds is 4. The Labute approximate surface area is 123 Å². The Morgan fingerprint density at radius 1 is 1.33 bits per heavy atom. The molecule has 0 saturated carbocycles. The molecule has 0 N–H and O–H groups in total. The number of pyridine rings is 1. The summed E-state index contributed by atoms with van der Waals surface area (Å²) in [4.78, 5) is 8.18. The molecule has 1 atom stereocenters. The Bertz CT molecular complexity index is 592. The van der Waals surface area contributed by atoms with Crippen LogP contribution in [-0.4, -0.2) is 41.4 Å². The van der Waals surface area contributed by atoms with Crippen LogP contribution < -0.4 is 9.80 Å². The van der Waals surface area contributed by atoms with Gasteiger partial charge in [0.1, 0.15) is 5.82 Å². The van der Waals surface area contributed by atoms with Crippen LogP contribution in [0.5, 0.6) is 0 Å². The first kappa shape index (κ1) is 13.7. The van der Waals surface area contributed by atoms with Crippen LogP contribution in [-0.2, 0) is 0 Å². The number of aromatic nitrogens is 3. The van der Waals surface area contributed by atoms with Gasteiger partial charge < -0.3 is 9.80 Å². The smallest absolute Gasteiger partial charge is 0.214 e. The Hall–Kier alpha value is -2.24. The van der Waals surface area contributed by atoms with E-state index >= 15 is 0 Å². The van der Waals surface area contributed by atoms with Crippen molar-refractivity contribution < 1.29 is 4.39 Å². The Balaban J connectivity index is 1.72. The summed E-state index contributed by atoms with van der Waals surface area (Å²) in [5, 5.41) is 8.13. The first-order valence-corrected chi connectivity index (χ1v) is 7.12.